The van der Waals surface area contributed by atoms with Crippen LogP contribution in [0.4, 0.5) is 5.69 Å². The van der Waals surface area contributed by atoms with E-state index in [-0.39, 0.29) is 19.1 Å². The fourth-order valence-electron chi connectivity index (χ4n) is 2.65. The highest BCUT2D eigenvalue weighted by Crippen LogP contribution is 2.31. The molecule has 164 valence electrons. The van der Waals surface area contributed by atoms with Crippen LogP contribution in [0.2, 0.25) is 0 Å². The zero-order valence-corrected chi connectivity index (χ0v) is 16.9. The lowest BCUT2D eigenvalue weighted by Crippen LogP contribution is -2.23. The lowest BCUT2D eigenvalue weighted by Gasteiger charge is -2.23. The Labute approximate surface area is 171 Å². The summed E-state index contributed by atoms with van der Waals surface area (Å²) < 4.78 is 32.3. The Kier molecular flexibility index (Phi) is 11.1. The van der Waals surface area contributed by atoms with Crippen LogP contribution in [0.3, 0.4) is 0 Å². The van der Waals surface area contributed by atoms with E-state index >= 15 is 0 Å². The van der Waals surface area contributed by atoms with Crippen molar-refractivity contribution in [3.63, 3.8) is 0 Å². The number of aliphatic hydroxyl groups excluding tert-OH is 1. The summed E-state index contributed by atoms with van der Waals surface area (Å²) in [5.41, 5.74) is 1.51. The Balaban J connectivity index is 1.51. The highest BCUT2D eigenvalue weighted by Gasteiger charge is 2.33. The van der Waals surface area contributed by atoms with E-state index < -0.39 is 5.79 Å². The Morgan fingerprint density at radius 1 is 1.00 bits per heavy atom. The largest absolute Gasteiger partial charge is 0.394 e. The van der Waals surface area contributed by atoms with Crippen molar-refractivity contribution in [2.75, 3.05) is 78.0 Å². The summed E-state index contributed by atoms with van der Waals surface area (Å²) >= 11 is 0. The number of hydrogen-bond donors (Lipinski definition) is 2. The summed E-state index contributed by atoms with van der Waals surface area (Å²) in [6.45, 7) is 5.71. The minimum Gasteiger partial charge on any atom is -0.394 e. The molecule has 1 aromatic rings. The normalized spacial score (nSPS) is 15.5. The van der Waals surface area contributed by atoms with Gasteiger partial charge in [-0.25, -0.2) is 0 Å². The molecule has 1 amide bonds. The molecule has 0 aromatic heterocycles. The number of hydrogen-bond acceptors (Lipinski definition) is 8. The first-order valence-corrected chi connectivity index (χ1v) is 9.74. The number of carbonyl (C=O) groups is 1. The van der Waals surface area contributed by atoms with Crippen LogP contribution in [0, 0.1) is 0 Å². The Bertz CT molecular complexity index is 592. The number of amides is 1. The van der Waals surface area contributed by atoms with Gasteiger partial charge in [0.15, 0.2) is 5.79 Å². The van der Waals surface area contributed by atoms with Gasteiger partial charge in [-0.3, -0.25) is 4.79 Å². The van der Waals surface area contributed by atoms with E-state index in [0.29, 0.717) is 65.1 Å². The van der Waals surface area contributed by atoms with Crippen LogP contribution in [0.1, 0.15) is 12.5 Å². The molecular formula is C20H31NO8. The summed E-state index contributed by atoms with van der Waals surface area (Å²) in [6.07, 6.45) is 0. The molecule has 0 unspecified atom stereocenters. The molecule has 1 aromatic carbocycles. The third-order valence-corrected chi connectivity index (χ3v) is 4.09. The quantitative estimate of drug-likeness (QED) is 0.409. The Morgan fingerprint density at radius 2 is 1.59 bits per heavy atom. The van der Waals surface area contributed by atoms with Crippen molar-refractivity contribution in [1.29, 1.82) is 0 Å². The minimum absolute atomic E-state index is 0.0108. The van der Waals surface area contributed by atoms with E-state index in [4.69, 9.17) is 33.5 Å². The molecule has 9 nitrogen and oxygen atoms in total. The van der Waals surface area contributed by atoms with Crippen LogP contribution in [0.5, 0.6) is 0 Å². The molecule has 9 heteroatoms. The number of carbonyl (C=O) groups excluding carboxylic acids is 1. The van der Waals surface area contributed by atoms with Crippen LogP contribution in [-0.2, 0) is 39.0 Å². The molecule has 2 rings (SSSR count). The van der Waals surface area contributed by atoms with Crippen molar-refractivity contribution in [2.45, 2.75) is 12.7 Å². The van der Waals surface area contributed by atoms with Crippen molar-refractivity contribution in [3.05, 3.63) is 29.8 Å². The summed E-state index contributed by atoms with van der Waals surface area (Å²) in [4.78, 5) is 12.0. The average molecular weight is 413 g/mol. The molecule has 2 N–H and O–H groups in total. The fourth-order valence-corrected chi connectivity index (χ4v) is 2.65. The topological polar surface area (TPSA) is 105 Å². The van der Waals surface area contributed by atoms with Crippen molar-refractivity contribution < 1.29 is 38.3 Å². The highest BCUT2D eigenvalue weighted by molar-refractivity contribution is 5.91. The second kappa shape index (κ2) is 13.6. The molecule has 1 aliphatic rings. The molecule has 1 heterocycles. The first kappa shape index (κ1) is 23.7. The average Bonchev–Trinajstić information content (AvgIpc) is 3.17. The van der Waals surface area contributed by atoms with Gasteiger partial charge in [-0.15, -0.1) is 0 Å². The zero-order chi connectivity index (χ0) is 20.8. The van der Waals surface area contributed by atoms with Crippen LogP contribution in [0.15, 0.2) is 24.3 Å². The number of rotatable bonds is 15. The molecule has 0 aliphatic carbocycles. The van der Waals surface area contributed by atoms with E-state index in [9.17, 15) is 4.79 Å². The van der Waals surface area contributed by atoms with Gasteiger partial charge in [0.2, 0.25) is 5.91 Å². The van der Waals surface area contributed by atoms with Gasteiger partial charge in [-0.2, -0.15) is 0 Å². The van der Waals surface area contributed by atoms with E-state index in [1.165, 1.54) is 0 Å². The molecule has 0 radical (unpaired) electrons. The van der Waals surface area contributed by atoms with Crippen molar-refractivity contribution in [1.82, 2.24) is 0 Å². The van der Waals surface area contributed by atoms with Gasteiger partial charge in [0.1, 0.15) is 6.61 Å². The Morgan fingerprint density at radius 3 is 2.21 bits per heavy atom. The van der Waals surface area contributed by atoms with E-state index in [0.717, 1.165) is 5.56 Å². The number of ether oxygens (including phenoxy) is 6. The smallest absolute Gasteiger partial charge is 0.250 e. The molecule has 0 spiro atoms. The highest BCUT2D eigenvalue weighted by atomic mass is 16.7. The second-order valence-corrected chi connectivity index (χ2v) is 6.38. The van der Waals surface area contributed by atoms with Gasteiger partial charge in [-0.05, 0) is 19.1 Å². The zero-order valence-electron chi connectivity index (χ0n) is 16.9. The van der Waals surface area contributed by atoms with Gasteiger partial charge in [0.05, 0.1) is 66.1 Å². The van der Waals surface area contributed by atoms with Gasteiger partial charge in [-0.1, -0.05) is 12.1 Å². The predicted octanol–water partition coefficient (Wildman–Crippen LogP) is 0.903. The summed E-state index contributed by atoms with van der Waals surface area (Å²) in [6, 6.07) is 7.39. The van der Waals surface area contributed by atoms with E-state index in [2.05, 4.69) is 5.32 Å². The number of anilines is 1. The van der Waals surface area contributed by atoms with Crippen molar-refractivity contribution in [3.8, 4) is 0 Å². The number of benzene rings is 1. The molecule has 1 fully saturated rings. The first-order valence-electron chi connectivity index (χ1n) is 9.74. The van der Waals surface area contributed by atoms with Crippen molar-refractivity contribution >= 4 is 11.6 Å². The molecule has 1 aliphatic heterocycles. The van der Waals surface area contributed by atoms with Crippen LogP contribution in [-0.4, -0.2) is 83.7 Å². The van der Waals surface area contributed by atoms with Crippen LogP contribution in [0.25, 0.3) is 0 Å². The minimum atomic E-state index is -0.773. The monoisotopic (exact) mass is 413 g/mol. The standard InChI is InChI=1S/C20H31NO8/c1-20(28-13-14-29-20)17-3-2-4-18(15-17)21-19(23)16-27-12-11-26-10-9-25-8-7-24-6-5-22/h2-4,15,22H,5-14,16H2,1H3,(H,21,23). The first-order chi connectivity index (χ1) is 14.1. The third-order valence-electron chi connectivity index (χ3n) is 4.09. The molecule has 1 saturated heterocycles. The van der Waals surface area contributed by atoms with E-state index in [1.54, 1.807) is 6.07 Å². The number of nitrogens with one attached hydrogen (secondary N) is 1. The van der Waals surface area contributed by atoms with E-state index in [1.807, 2.05) is 25.1 Å². The molecule has 0 bridgehead atoms. The molecular weight excluding hydrogens is 382 g/mol. The maximum absolute atomic E-state index is 12.0. The van der Waals surface area contributed by atoms with Gasteiger partial charge in [0, 0.05) is 11.3 Å². The second-order valence-electron chi connectivity index (χ2n) is 6.38. The Hall–Kier alpha value is -1.59. The molecule has 0 saturated carbocycles. The molecule has 29 heavy (non-hydrogen) atoms. The molecule has 0 atom stereocenters. The summed E-state index contributed by atoms with van der Waals surface area (Å²) in [5, 5.41) is 11.3. The SMILES string of the molecule is CC1(c2cccc(NC(=O)COCCOCCOCCOCCO)c2)OCCO1. The maximum Gasteiger partial charge on any atom is 0.250 e. The van der Waals surface area contributed by atoms with Gasteiger partial charge in [0.25, 0.3) is 0 Å². The van der Waals surface area contributed by atoms with Crippen LogP contribution >= 0.6 is 0 Å². The maximum atomic E-state index is 12.0. The van der Waals surface area contributed by atoms with Crippen molar-refractivity contribution in [2.24, 2.45) is 0 Å². The summed E-state index contributed by atoms with van der Waals surface area (Å²) in [7, 11) is 0. The lowest BCUT2D eigenvalue weighted by atomic mass is 10.1. The van der Waals surface area contributed by atoms with Gasteiger partial charge >= 0.3 is 0 Å². The number of aliphatic hydroxyl groups is 1. The lowest BCUT2D eigenvalue weighted by molar-refractivity contribution is -0.149. The van der Waals surface area contributed by atoms with Crippen LogP contribution < -0.4 is 5.32 Å². The van der Waals surface area contributed by atoms with Gasteiger partial charge < -0.3 is 38.8 Å². The fraction of sp³-hybridized carbons (Fsp3) is 0.650. The summed E-state index contributed by atoms with van der Waals surface area (Å²) in [5.74, 6) is -1.02. The third kappa shape index (κ3) is 9.18. The predicted molar refractivity (Wildman–Crippen MR) is 105 cm³/mol.